The largest absolute Gasteiger partial charge is 0.378 e. The third-order valence-corrected chi connectivity index (χ3v) is 2.05. The molecule has 1 heterocycles. The zero-order chi connectivity index (χ0) is 9.19. The summed E-state index contributed by atoms with van der Waals surface area (Å²) in [5.74, 6) is -0.754. The minimum atomic E-state index is -1.58. The number of primary amides is 1. The average Bonchev–Trinajstić information content (AvgIpc) is 2.06. The first-order valence-electron chi connectivity index (χ1n) is 3.89. The second-order valence-corrected chi connectivity index (χ2v) is 3.08. The number of amides is 1. The first-order chi connectivity index (χ1) is 5.55. The SMILES string of the molecule is CC(O)(C(N)=O)C1CNCCO1. The van der Waals surface area contributed by atoms with Crippen LogP contribution in [0.1, 0.15) is 6.92 Å². The molecular formula is C7H14N2O3. The summed E-state index contributed by atoms with van der Waals surface area (Å²) in [6, 6.07) is 0. The van der Waals surface area contributed by atoms with Gasteiger partial charge in [0, 0.05) is 13.1 Å². The fourth-order valence-corrected chi connectivity index (χ4v) is 1.09. The molecule has 2 unspecified atom stereocenters. The van der Waals surface area contributed by atoms with Crippen LogP contribution < -0.4 is 11.1 Å². The molecular weight excluding hydrogens is 160 g/mol. The van der Waals surface area contributed by atoms with Gasteiger partial charge in [0.15, 0.2) is 5.60 Å². The van der Waals surface area contributed by atoms with Gasteiger partial charge in [-0.3, -0.25) is 4.79 Å². The van der Waals surface area contributed by atoms with Crippen molar-refractivity contribution in [3.63, 3.8) is 0 Å². The Bertz CT molecular complexity index is 175. The topological polar surface area (TPSA) is 84.6 Å². The van der Waals surface area contributed by atoms with Crippen molar-refractivity contribution < 1.29 is 14.6 Å². The summed E-state index contributed by atoms with van der Waals surface area (Å²) in [5.41, 5.74) is 3.43. The van der Waals surface area contributed by atoms with Crippen molar-refractivity contribution in [2.45, 2.75) is 18.6 Å². The molecule has 5 nitrogen and oxygen atoms in total. The fourth-order valence-electron chi connectivity index (χ4n) is 1.09. The average molecular weight is 174 g/mol. The van der Waals surface area contributed by atoms with Crippen LogP contribution in [0.15, 0.2) is 0 Å². The lowest BCUT2D eigenvalue weighted by molar-refractivity contribution is -0.154. The molecule has 0 saturated carbocycles. The van der Waals surface area contributed by atoms with Crippen molar-refractivity contribution in [3.05, 3.63) is 0 Å². The van der Waals surface area contributed by atoms with E-state index in [0.29, 0.717) is 13.2 Å². The third kappa shape index (κ3) is 1.74. The molecule has 12 heavy (non-hydrogen) atoms. The molecule has 1 fully saturated rings. The van der Waals surface area contributed by atoms with Gasteiger partial charge in [0.2, 0.25) is 0 Å². The van der Waals surface area contributed by atoms with E-state index in [1.165, 1.54) is 6.92 Å². The van der Waals surface area contributed by atoms with E-state index in [9.17, 15) is 9.90 Å². The third-order valence-electron chi connectivity index (χ3n) is 2.05. The number of carbonyl (C=O) groups is 1. The van der Waals surface area contributed by atoms with E-state index >= 15 is 0 Å². The predicted molar refractivity (Wildman–Crippen MR) is 42.4 cm³/mol. The van der Waals surface area contributed by atoms with Crippen molar-refractivity contribution in [2.24, 2.45) is 5.73 Å². The smallest absolute Gasteiger partial charge is 0.251 e. The molecule has 0 aliphatic carbocycles. The second kappa shape index (κ2) is 3.38. The Morgan fingerprint density at radius 2 is 2.50 bits per heavy atom. The standard InChI is InChI=1S/C7H14N2O3/c1-7(11,6(8)10)5-4-9-2-3-12-5/h5,9,11H,2-4H2,1H3,(H2,8,10). The molecule has 0 aromatic rings. The Hall–Kier alpha value is -0.650. The summed E-state index contributed by atoms with van der Waals surface area (Å²) in [6.07, 6.45) is -0.538. The van der Waals surface area contributed by atoms with Gasteiger partial charge in [-0.05, 0) is 6.92 Å². The van der Waals surface area contributed by atoms with Gasteiger partial charge in [0.1, 0.15) is 6.10 Å². The normalized spacial score (nSPS) is 29.3. The molecule has 0 radical (unpaired) electrons. The van der Waals surface area contributed by atoms with Crippen molar-refractivity contribution in [1.82, 2.24) is 5.32 Å². The van der Waals surface area contributed by atoms with E-state index in [1.54, 1.807) is 0 Å². The van der Waals surface area contributed by atoms with Crippen molar-refractivity contribution in [2.75, 3.05) is 19.7 Å². The molecule has 0 bridgehead atoms. The summed E-state index contributed by atoms with van der Waals surface area (Å²) in [4.78, 5) is 10.8. The van der Waals surface area contributed by atoms with Crippen LogP contribution in [0.5, 0.6) is 0 Å². The lowest BCUT2D eigenvalue weighted by Gasteiger charge is -2.33. The lowest BCUT2D eigenvalue weighted by Crippen LogP contribution is -2.58. The minimum absolute atomic E-state index is 0.454. The van der Waals surface area contributed by atoms with Crippen LogP contribution in [-0.2, 0) is 9.53 Å². The van der Waals surface area contributed by atoms with Crippen LogP contribution in [-0.4, -0.2) is 42.4 Å². The van der Waals surface area contributed by atoms with Crippen molar-refractivity contribution in [1.29, 1.82) is 0 Å². The van der Waals surface area contributed by atoms with Crippen LogP contribution >= 0.6 is 0 Å². The van der Waals surface area contributed by atoms with Crippen LogP contribution in [0.2, 0.25) is 0 Å². The molecule has 1 amide bonds. The van der Waals surface area contributed by atoms with Gasteiger partial charge in [0.25, 0.3) is 5.91 Å². The zero-order valence-corrected chi connectivity index (χ0v) is 7.04. The zero-order valence-electron chi connectivity index (χ0n) is 7.04. The predicted octanol–water partition coefficient (Wildman–Crippen LogP) is -1.79. The molecule has 1 saturated heterocycles. The van der Waals surface area contributed by atoms with Gasteiger partial charge in [-0.1, -0.05) is 0 Å². The van der Waals surface area contributed by atoms with Crippen LogP contribution in [0.25, 0.3) is 0 Å². The monoisotopic (exact) mass is 174 g/mol. The summed E-state index contributed by atoms with van der Waals surface area (Å²) in [5, 5.41) is 12.6. The van der Waals surface area contributed by atoms with Crippen LogP contribution in [0, 0.1) is 0 Å². The fraction of sp³-hybridized carbons (Fsp3) is 0.857. The number of carbonyl (C=O) groups excluding carboxylic acids is 1. The lowest BCUT2D eigenvalue weighted by atomic mass is 9.97. The minimum Gasteiger partial charge on any atom is -0.378 e. The highest BCUT2D eigenvalue weighted by Crippen LogP contribution is 2.13. The van der Waals surface area contributed by atoms with Gasteiger partial charge in [-0.2, -0.15) is 0 Å². The number of hydrogen-bond donors (Lipinski definition) is 3. The van der Waals surface area contributed by atoms with E-state index in [0.717, 1.165) is 6.54 Å². The summed E-state index contributed by atoms with van der Waals surface area (Å²) in [6.45, 7) is 3.06. The van der Waals surface area contributed by atoms with E-state index in [2.05, 4.69) is 5.32 Å². The highest BCUT2D eigenvalue weighted by Gasteiger charge is 2.39. The first kappa shape index (κ1) is 9.44. The number of rotatable bonds is 2. The van der Waals surface area contributed by atoms with Gasteiger partial charge >= 0.3 is 0 Å². The number of morpholine rings is 1. The molecule has 0 aromatic carbocycles. The molecule has 1 rings (SSSR count). The van der Waals surface area contributed by atoms with Crippen molar-refractivity contribution in [3.8, 4) is 0 Å². The molecule has 4 N–H and O–H groups in total. The Morgan fingerprint density at radius 1 is 1.83 bits per heavy atom. The maximum atomic E-state index is 10.8. The van der Waals surface area contributed by atoms with Gasteiger partial charge in [0.05, 0.1) is 6.61 Å². The van der Waals surface area contributed by atoms with E-state index in [1.807, 2.05) is 0 Å². The quantitative estimate of drug-likeness (QED) is 0.461. The number of nitrogens with two attached hydrogens (primary N) is 1. The molecule has 70 valence electrons. The van der Waals surface area contributed by atoms with E-state index in [4.69, 9.17) is 10.5 Å². The highest BCUT2D eigenvalue weighted by atomic mass is 16.5. The highest BCUT2D eigenvalue weighted by molar-refractivity contribution is 5.83. The number of aliphatic hydroxyl groups is 1. The number of hydrogen-bond acceptors (Lipinski definition) is 4. The first-order valence-corrected chi connectivity index (χ1v) is 3.89. The Balaban J connectivity index is 2.59. The maximum absolute atomic E-state index is 10.8. The molecule has 2 atom stereocenters. The Labute approximate surface area is 70.9 Å². The maximum Gasteiger partial charge on any atom is 0.251 e. The summed E-state index contributed by atoms with van der Waals surface area (Å²) >= 11 is 0. The summed E-state index contributed by atoms with van der Waals surface area (Å²) in [7, 11) is 0. The second-order valence-electron chi connectivity index (χ2n) is 3.08. The van der Waals surface area contributed by atoms with Gasteiger partial charge < -0.3 is 20.9 Å². The molecule has 1 aliphatic rings. The molecule has 0 aromatic heterocycles. The summed E-state index contributed by atoms with van der Waals surface area (Å²) < 4.78 is 5.19. The van der Waals surface area contributed by atoms with E-state index in [-0.39, 0.29) is 0 Å². The molecule has 1 aliphatic heterocycles. The van der Waals surface area contributed by atoms with E-state index < -0.39 is 17.6 Å². The number of ether oxygens (including phenoxy) is 1. The Morgan fingerprint density at radius 3 is 2.92 bits per heavy atom. The van der Waals surface area contributed by atoms with Crippen LogP contribution in [0.4, 0.5) is 0 Å². The van der Waals surface area contributed by atoms with Gasteiger partial charge in [-0.25, -0.2) is 0 Å². The molecule has 5 heteroatoms. The molecule has 0 spiro atoms. The number of nitrogens with one attached hydrogen (secondary N) is 1. The van der Waals surface area contributed by atoms with Crippen LogP contribution in [0.3, 0.4) is 0 Å². The van der Waals surface area contributed by atoms with Gasteiger partial charge in [-0.15, -0.1) is 0 Å². The Kier molecular flexibility index (Phi) is 2.66. The van der Waals surface area contributed by atoms with Crippen molar-refractivity contribution >= 4 is 5.91 Å².